The van der Waals surface area contributed by atoms with Crippen molar-refractivity contribution in [1.82, 2.24) is 0 Å². The van der Waals surface area contributed by atoms with Gasteiger partial charge in [-0.05, 0) is 0 Å². The Hall–Kier alpha value is 1.58. The van der Waals surface area contributed by atoms with Crippen LogP contribution in [0.3, 0.4) is 0 Å². The van der Waals surface area contributed by atoms with Gasteiger partial charge in [0, 0.05) is 40.4 Å². The van der Waals surface area contributed by atoms with Gasteiger partial charge in [0.25, 0.3) is 0 Å². The van der Waals surface area contributed by atoms with E-state index in [0.29, 0.717) is 0 Å². The summed E-state index contributed by atoms with van der Waals surface area (Å²) < 4.78 is 30.7. The van der Waals surface area contributed by atoms with Crippen molar-refractivity contribution in [2.45, 2.75) is 0 Å². The third-order valence-electron chi connectivity index (χ3n) is 0. The average Bonchev–Trinajstić information content (AvgIpc) is 0.722. The van der Waals surface area contributed by atoms with Crippen molar-refractivity contribution >= 4 is 14.5 Å². The molecule has 6 heavy (non-hydrogen) atoms. The molecule has 0 aliphatic carbocycles. The molecule has 0 unspecified atom stereocenters. The minimum atomic E-state index is -5.12. The Kier molecular flexibility index (Phi) is 6.26. The molecule has 4 nitrogen and oxygen atoms in total. The summed E-state index contributed by atoms with van der Waals surface area (Å²) in [4.78, 5) is 0. The molecule has 1 radical (unpaired) electrons. The van der Waals surface area contributed by atoms with Gasteiger partial charge in [-0.2, -0.15) is 0 Å². The van der Waals surface area contributed by atoms with Crippen LogP contribution in [0.2, 0.25) is 0 Å². The maximum Gasteiger partial charge on any atom is 0 e. The number of rotatable bonds is 0. The molecule has 0 aliphatic heterocycles. The van der Waals surface area contributed by atoms with Crippen LogP contribution in [0.15, 0.2) is 0 Å². The Morgan fingerprint density at radius 1 is 1.17 bits per heavy atom. The van der Waals surface area contributed by atoms with Crippen molar-refractivity contribution in [3.63, 3.8) is 0 Å². The molecule has 0 aromatic heterocycles. The predicted octanol–water partition coefficient (Wildman–Crippen LogP) is -2.17. The molecule has 0 aliphatic rings. The van der Waals surface area contributed by atoms with E-state index in [1.54, 1.807) is 0 Å². The van der Waals surface area contributed by atoms with Crippen LogP contribution in [0, 0.1) is 40.4 Å². The summed E-state index contributed by atoms with van der Waals surface area (Å²) in [5, 5.41) is 0. The molecule has 6 heteroatoms. The van der Waals surface area contributed by atoms with Crippen LogP contribution in [0.5, 0.6) is 0 Å². The molecule has 0 aromatic rings. The fourth-order valence-electron chi connectivity index (χ4n) is 0. The van der Waals surface area contributed by atoms with Crippen LogP contribution in [-0.4, -0.2) is 26.8 Å². The normalized spacial score (nSPS) is 9.83. The molecule has 0 heterocycles. The first kappa shape index (κ1) is 10.5. The van der Waals surface area contributed by atoms with Crippen molar-refractivity contribution < 1.29 is 56.4 Å². The first-order chi connectivity index (χ1) is 2.00. The van der Waals surface area contributed by atoms with E-state index in [0.717, 1.165) is 0 Å². The summed E-state index contributed by atoms with van der Waals surface area (Å²) in [5.74, 6) is 0. The van der Waals surface area contributed by atoms with E-state index in [9.17, 15) is 0 Å². The smallest absolute Gasteiger partial charge is 0 e. The monoisotopic (exact) mass is 287 g/mol. The van der Waals surface area contributed by atoms with Gasteiger partial charge in [0.2, 0.25) is 0 Å². The van der Waals surface area contributed by atoms with Crippen molar-refractivity contribution in [2.24, 2.45) is 0 Å². The van der Waals surface area contributed by atoms with Gasteiger partial charge in [-0.3, -0.25) is 0 Å². The Labute approximate surface area is 70.0 Å². The Bertz CT molecular complexity index is 53.7. The topological polar surface area (TPSA) is 77.8 Å². The SMILES string of the molecule is O=[As](O)(O)O.[Pm]. The molecule has 0 aromatic carbocycles. The van der Waals surface area contributed by atoms with Crippen LogP contribution < -0.4 is 0 Å². The van der Waals surface area contributed by atoms with E-state index < -0.39 is 14.5 Å². The molecule has 0 fully saturated rings. The summed E-state index contributed by atoms with van der Waals surface area (Å²) in [6.07, 6.45) is 0. The van der Waals surface area contributed by atoms with Gasteiger partial charge in [-0.25, -0.2) is 0 Å². The molecule has 0 amide bonds. The third-order valence-corrected chi connectivity index (χ3v) is 0. The number of hydrogen-bond acceptors (Lipinski definition) is 1. The van der Waals surface area contributed by atoms with Crippen LogP contribution in [0.1, 0.15) is 0 Å². The third kappa shape index (κ3) is 47.0. The van der Waals surface area contributed by atoms with E-state index >= 15 is 0 Å². The van der Waals surface area contributed by atoms with E-state index in [1.165, 1.54) is 0 Å². The standard InChI is InChI=1S/AsH3O4.Pm/c2-1(3,4)5;/h(H3,2,3,4,5);. The summed E-state index contributed by atoms with van der Waals surface area (Å²) in [6, 6.07) is 0. The molecular formula is H3AsO4Pm. The molecule has 0 saturated heterocycles. The van der Waals surface area contributed by atoms with Gasteiger partial charge >= 0.3 is 30.5 Å². The zero-order chi connectivity index (χ0) is 4.50. The van der Waals surface area contributed by atoms with Gasteiger partial charge < -0.3 is 0 Å². The van der Waals surface area contributed by atoms with Crippen LogP contribution in [0.4, 0.5) is 0 Å². The molecule has 0 bridgehead atoms. The second kappa shape index (κ2) is 3.56. The quantitative estimate of drug-likeness (QED) is 0.443. The Morgan fingerprint density at radius 2 is 1.17 bits per heavy atom. The minimum absolute atomic E-state index is 0. The first-order valence-electron chi connectivity index (χ1n) is 0.783. The predicted molar refractivity (Wildman–Crippen MR) is 13.1 cm³/mol. The minimum Gasteiger partial charge on any atom is 0 e. The fourth-order valence-corrected chi connectivity index (χ4v) is 0. The largest absolute Gasteiger partial charge is 0 e. The molecule has 0 saturated carbocycles. The second-order valence-corrected chi connectivity index (χ2v) is 2.67. The van der Waals surface area contributed by atoms with E-state index in [1.807, 2.05) is 0 Å². The second-order valence-electron chi connectivity index (χ2n) is 0.513. The van der Waals surface area contributed by atoms with Crippen LogP contribution in [0.25, 0.3) is 0 Å². The molecular weight excluding hydrogens is 284 g/mol. The summed E-state index contributed by atoms with van der Waals surface area (Å²) >= 11 is -5.12. The summed E-state index contributed by atoms with van der Waals surface area (Å²) in [5.41, 5.74) is 0. The van der Waals surface area contributed by atoms with E-state index in [4.69, 9.17) is 16.0 Å². The van der Waals surface area contributed by atoms with Crippen molar-refractivity contribution in [3.05, 3.63) is 0 Å². The number of hydrogen-bond donors (Lipinski definition) is 3. The van der Waals surface area contributed by atoms with Gasteiger partial charge in [-0.1, -0.05) is 0 Å². The van der Waals surface area contributed by atoms with Crippen LogP contribution >= 0.6 is 0 Å². The summed E-state index contributed by atoms with van der Waals surface area (Å²) in [6.45, 7) is 0. The van der Waals surface area contributed by atoms with Gasteiger partial charge in [-0.15, -0.1) is 0 Å². The molecule has 37 valence electrons. The fraction of sp³-hybridized carbons (Fsp3) is 0. The zero-order valence-electron chi connectivity index (χ0n) is 2.64. The molecule has 0 atom stereocenters. The van der Waals surface area contributed by atoms with E-state index in [2.05, 4.69) is 0 Å². The molecule has 3 N–H and O–H groups in total. The van der Waals surface area contributed by atoms with Crippen molar-refractivity contribution in [3.8, 4) is 0 Å². The first-order valence-corrected chi connectivity index (χ1v) is 4.07. The van der Waals surface area contributed by atoms with Gasteiger partial charge in [0.1, 0.15) is 0 Å². The van der Waals surface area contributed by atoms with Crippen molar-refractivity contribution in [1.29, 1.82) is 0 Å². The molecule has 0 rings (SSSR count). The zero-order valence-corrected chi connectivity index (χ0v) is 7.39. The maximum atomic E-state index is 8.94. The maximum absolute atomic E-state index is 8.94. The van der Waals surface area contributed by atoms with E-state index in [-0.39, 0.29) is 40.4 Å². The Balaban J connectivity index is 0. The summed E-state index contributed by atoms with van der Waals surface area (Å²) in [7, 11) is 0. The van der Waals surface area contributed by atoms with Gasteiger partial charge in [0.05, 0.1) is 0 Å². The molecule has 0 spiro atoms. The van der Waals surface area contributed by atoms with Gasteiger partial charge in [0.15, 0.2) is 0 Å². The Morgan fingerprint density at radius 3 is 1.17 bits per heavy atom. The average molecular weight is 287 g/mol. The van der Waals surface area contributed by atoms with Crippen molar-refractivity contribution in [2.75, 3.05) is 0 Å². The van der Waals surface area contributed by atoms with Crippen LogP contribution in [-0.2, 0) is 3.74 Å².